The number of anilines is 1. The first-order valence-corrected chi connectivity index (χ1v) is 7.21. The summed E-state index contributed by atoms with van der Waals surface area (Å²) in [4.78, 5) is 11.9. The zero-order valence-electron chi connectivity index (χ0n) is 12.8. The monoisotopic (exact) mass is 282 g/mol. The van der Waals surface area contributed by atoms with E-state index in [4.69, 9.17) is 0 Å². The number of hydrogen-bond donors (Lipinski definition) is 2. The highest BCUT2D eigenvalue weighted by atomic mass is 16.1. The van der Waals surface area contributed by atoms with Crippen LogP contribution in [0.2, 0.25) is 0 Å². The zero-order valence-corrected chi connectivity index (χ0v) is 12.8. The molecule has 0 saturated heterocycles. The number of carbonyl (C=O) groups is 1. The first kappa shape index (κ1) is 15.3. The minimum atomic E-state index is -0.0293. The quantitative estimate of drug-likeness (QED) is 0.880. The van der Waals surface area contributed by atoms with Gasteiger partial charge in [-0.25, -0.2) is 0 Å². The molecule has 0 spiro atoms. The minimum Gasteiger partial charge on any atom is -0.325 e. The van der Waals surface area contributed by atoms with Gasteiger partial charge in [0, 0.05) is 11.7 Å². The topological polar surface area (TPSA) is 41.1 Å². The fourth-order valence-corrected chi connectivity index (χ4v) is 2.15. The zero-order chi connectivity index (χ0) is 15.2. The van der Waals surface area contributed by atoms with E-state index in [0.717, 1.165) is 5.69 Å². The number of hydrogen-bond acceptors (Lipinski definition) is 2. The Morgan fingerprint density at radius 3 is 2.43 bits per heavy atom. The van der Waals surface area contributed by atoms with E-state index in [0.29, 0.717) is 6.54 Å². The third-order valence-electron chi connectivity index (χ3n) is 3.45. The van der Waals surface area contributed by atoms with Gasteiger partial charge in [0.2, 0.25) is 5.91 Å². The van der Waals surface area contributed by atoms with Crippen LogP contribution in [0, 0.1) is 13.8 Å². The molecule has 2 aromatic carbocycles. The van der Waals surface area contributed by atoms with Crippen LogP contribution in [-0.4, -0.2) is 12.5 Å². The summed E-state index contributed by atoms with van der Waals surface area (Å²) in [5, 5.41) is 6.13. The van der Waals surface area contributed by atoms with Crippen molar-refractivity contribution in [3.05, 3.63) is 65.2 Å². The summed E-state index contributed by atoms with van der Waals surface area (Å²) in [5.74, 6) is -0.0293. The number of nitrogens with one attached hydrogen (secondary N) is 2. The van der Waals surface area contributed by atoms with Crippen LogP contribution in [-0.2, 0) is 4.79 Å². The average molecular weight is 282 g/mol. The molecule has 0 radical (unpaired) electrons. The van der Waals surface area contributed by atoms with Crippen molar-refractivity contribution in [3.8, 4) is 0 Å². The second kappa shape index (κ2) is 7.04. The Bertz CT molecular complexity index is 605. The number of amides is 1. The molecule has 0 unspecified atom stereocenters. The van der Waals surface area contributed by atoms with Crippen LogP contribution < -0.4 is 10.6 Å². The predicted molar refractivity (Wildman–Crippen MR) is 87.4 cm³/mol. The molecule has 21 heavy (non-hydrogen) atoms. The molecule has 110 valence electrons. The van der Waals surface area contributed by atoms with Crippen LogP contribution in [0.5, 0.6) is 0 Å². The molecule has 0 aromatic heterocycles. The van der Waals surface area contributed by atoms with Gasteiger partial charge in [-0.2, -0.15) is 0 Å². The first-order valence-electron chi connectivity index (χ1n) is 7.21. The molecule has 0 bridgehead atoms. The summed E-state index contributed by atoms with van der Waals surface area (Å²) in [5.41, 5.74) is 4.43. The van der Waals surface area contributed by atoms with E-state index >= 15 is 0 Å². The van der Waals surface area contributed by atoms with E-state index in [9.17, 15) is 4.79 Å². The molecule has 0 fully saturated rings. The number of carbonyl (C=O) groups excluding carboxylic acids is 1. The lowest BCUT2D eigenvalue weighted by molar-refractivity contribution is -0.115. The second-order valence-electron chi connectivity index (χ2n) is 5.43. The highest BCUT2D eigenvalue weighted by molar-refractivity contribution is 5.92. The van der Waals surface area contributed by atoms with Crippen molar-refractivity contribution in [2.24, 2.45) is 0 Å². The summed E-state index contributed by atoms with van der Waals surface area (Å²) in [6, 6.07) is 16.3. The maximum atomic E-state index is 11.9. The van der Waals surface area contributed by atoms with Crippen molar-refractivity contribution < 1.29 is 4.79 Å². The highest BCUT2D eigenvalue weighted by Crippen LogP contribution is 2.13. The van der Waals surface area contributed by atoms with E-state index < -0.39 is 0 Å². The second-order valence-corrected chi connectivity index (χ2v) is 5.43. The SMILES string of the molecule is Cc1ccc(NC(=O)CN[C@@H](C)c2cccc(C)c2)cc1. The van der Waals surface area contributed by atoms with Crippen LogP contribution in [0.1, 0.15) is 29.7 Å². The summed E-state index contributed by atoms with van der Waals surface area (Å²) < 4.78 is 0. The number of benzene rings is 2. The van der Waals surface area contributed by atoms with E-state index in [1.807, 2.05) is 37.3 Å². The first-order chi connectivity index (χ1) is 10.0. The van der Waals surface area contributed by atoms with Gasteiger partial charge in [0.05, 0.1) is 6.54 Å². The fraction of sp³-hybridized carbons (Fsp3) is 0.278. The average Bonchev–Trinajstić information content (AvgIpc) is 2.47. The van der Waals surface area contributed by atoms with Crippen molar-refractivity contribution in [3.63, 3.8) is 0 Å². The minimum absolute atomic E-state index is 0.0293. The third kappa shape index (κ3) is 4.72. The number of aryl methyl sites for hydroxylation is 2. The van der Waals surface area contributed by atoms with Crippen molar-refractivity contribution in [2.75, 3.05) is 11.9 Å². The maximum Gasteiger partial charge on any atom is 0.238 e. The van der Waals surface area contributed by atoms with Gasteiger partial charge in [0.15, 0.2) is 0 Å². The number of rotatable bonds is 5. The Morgan fingerprint density at radius 1 is 1.05 bits per heavy atom. The summed E-state index contributed by atoms with van der Waals surface area (Å²) in [6.45, 7) is 6.45. The van der Waals surface area contributed by atoms with E-state index in [1.165, 1.54) is 16.7 Å². The molecule has 2 rings (SSSR count). The lowest BCUT2D eigenvalue weighted by Gasteiger charge is -2.14. The molecule has 0 aliphatic carbocycles. The van der Waals surface area contributed by atoms with Gasteiger partial charge in [-0.15, -0.1) is 0 Å². The third-order valence-corrected chi connectivity index (χ3v) is 3.45. The van der Waals surface area contributed by atoms with Crippen LogP contribution >= 0.6 is 0 Å². The molecule has 2 N–H and O–H groups in total. The van der Waals surface area contributed by atoms with Gasteiger partial charge in [-0.3, -0.25) is 4.79 Å². The fourth-order valence-electron chi connectivity index (χ4n) is 2.15. The largest absolute Gasteiger partial charge is 0.325 e. The van der Waals surface area contributed by atoms with E-state index in [1.54, 1.807) is 0 Å². The molecule has 0 heterocycles. The van der Waals surface area contributed by atoms with Crippen molar-refractivity contribution in [1.29, 1.82) is 0 Å². The molecule has 0 saturated carbocycles. The molecule has 1 amide bonds. The van der Waals surface area contributed by atoms with Crippen LogP contribution in [0.4, 0.5) is 5.69 Å². The molecule has 3 heteroatoms. The van der Waals surface area contributed by atoms with Gasteiger partial charge in [0.1, 0.15) is 0 Å². The van der Waals surface area contributed by atoms with Crippen molar-refractivity contribution in [2.45, 2.75) is 26.8 Å². The Kier molecular flexibility index (Phi) is 5.12. The van der Waals surface area contributed by atoms with Gasteiger partial charge in [-0.05, 0) is 38.5 Å². The standard InChI is InChI=1S/C18H22N2O/c1-13-7-9-17(10-8-13)20-18(21)12-19-15(3)16-6-4-5-14(2)11-16/h4-11,15,19H,12H2,1-3H3,(H,20,21)/t15-/m0/s1. The summed E-state index contributed by atoms with van der Waals surface area (Å²) >= 11 is 0. The summed E-state index contributed by atoms with van der Waals surface area (Å²) in [6.07, 6.45) is 0. The Hall–Kier alpha value is -2.13. The van der Waals surface area contributed by atoms with Crippen molar-refractivity contribution in [1.82, 2.24) is 5.32 Å². The molecular formula is C18H22N2O. The Balaban J connectivity index is 1.84. The predicted octanol–water partition coefficient (Wildman–Crippen LogP) is 3.59. The van der Waals surface area contributed by atoms with Crippen LogP contribution in [0.15, 0.2) is 48.5 Å². The molecular weight excluding hydrogens is 260 g/mol. The molecule has 1 atom stereocenters. The molecule has 2 aromatic rings. The van der Waals surface area contributed by atoms with Crippen molar-refractivity contribution >= 4 is 11.6 Å². The maximum absolute atomic E-state index is 11.9. The van der Waals surface area contributed by atoms with Gasteiger partial charge in [-0.1, -0.05) is 47.5 Å². The Morgan fingerprint density at radius 2 is 1.76 bits per heavy atom. The normalized spacial score (nSPS) is 12.0. The molecule has 0 aliphatic heterocycles. The van der Waals surface area contributed by atoms with Gasteiger partial charge >= 0.3 is 0 Å². The molecule has 0 aliphatic rings. The van der Waals surface area contributed by atoms with E-state index in [2.05, 4.69) is 42.7 Å². The van der Waals surface area contributed by atoms with Crippen LogP contribution in [0.25, 0.3) is 0 Å². The van der Waals surface area contributed by atoms with E-state index in [-0.39, 0.29) is 11.9 Å². The summed E-state index contributed by atoms with van der Waals surface area (Å²) in [7, 11) is 0. The lowest BCUT2D eigenvalue weighted by Crippen LogP contribution is -2.30. The molecule has 3 nitrogen and oxygen atoms in total. The highest BCUT2D eigenvalue weighted by Gasteiger charge is 2.08. The van der Waals surface area contributed by atoms with Gasteiger partial charge in [0.25, 0.3) is 0 Å². The van der Waals surface area contributed by atoms with Gasteiger partial charge < -0.3 is 10.6 Å². The Labute approximate surface area is 126 Å². The lowest BCUT2D eigenvalue weighted by atomic mass is 10.1. The smallest absolute Gasteiger partial charge is 0.238 e. The van der Waals surface area contributed by atoms with Crippen LogP contribution in [0.3, 0.4) is 0 Å².